The molecule has 0 aromatic rings. The second-order valence-corrected chi connectivity index (χ2v) is 2.34. The molecule has 2 N–H and O–H groups in total. The third kappa shape index (κ3) is 2.30. The zero-order valence-corrected chi connectivity index (χ0v) is 5.47. The Balaban J connectivity index is 2.18. The molecular formula is C6H13NO2. The Hall–Kier alpha value is -0.120. The van der Waals surface area contributed by atoms with Gasteiger partial charge < -0.3 is 9.94 Å². The highest BCUT2D eigenvalue weighted by Crippen LogP contribution is 2.09. The number of hydrogen-bond donors (Lipinski definition) is 2. The molecule has 0 saturated carbocycles. The van der Waals surface area contributed by atoms with E-state index in [-0.39, 0.29) is 6.23 Å². The smallest absolute Gasteiger partial charge is 0.130 e. The summed E-state index contributed by atoms with van der Waals surface area (Å²) >= 11 is 0. The Morgan fingerprint density at radius 2 is 2.22 bits per heavy atom. The Labute approximate surface area is 55.0 Å². The van der Waals surface area contributed by atoms with Gasteiger partial charge in [-0.2, -0.15) is 5.48 Å². The van der Waals surface area contributed by atoms with Gasteiger partial charge >= 0.3 is 0 Å². The van der Waals surface area contributed by atoms with Gasteiger partial charge in [0.25, 0.3) is 0 Å². The lowest BCUT2D eigenvalue weighted by Crippen LogP contribution is -2.27. The first-order valence-corrected chi connectivity index (χ1v) is 3.44. The third-order valence-corrected chi connectivity index (χ3v) is 1.57. The highest BCUT2D eigenvalue weighted by atomic mass is 16.6. The first-order valence-electron chi connectivity index (χ1n) is 3.44. The average molecular weight is 131 g/mol. The summed E-state index contributed by atoms with van der Waals surface area (Å²) in [5, 5.41) is 8.44. The molecule has 1 heterocycles. The van der Waals surface area contributed by atoms with Crippen molar-refractivity contribution in [3.8, 4) is 0 Å². The molecule has 1 rings (SSSR count). The van der Waals surface area contributed by atoms with Gasteiger partial charge in [0.2, 0.25) is 0 Å². The van der Waals surface area contributed by atoms with E-state index >= 15 is 0 Å². The van der Waals surface area contributed by atoms with Gasteiger partial charge in [-0.15, -0.1) is 0 Å². The van der Waals surface area contributed by atoms with Crippen LogP contribution in [0.2, 0.25) is 0 Å². The lowest BCUT2D eigenvalue weighted by atomic mass is 10.2. The van der Waals surface area contributed by atoms with Gasteiger partial charge in [0, 0.05) is 6.61 Å². The highest BCUT2D eigenvalue weighted by molar-refractivity contribution is 4.55. The van der Waals surface area contributed by atoms with E-state index in [0.717, 1.165) is 25.9 Å². The summed E-state index contributed by atoms with van der Waals surface area (Å²) in [6.45, 7) is 0.776. The summed E-state index contributed by atoms with van der Waals surface area (Å²) < 4.78 is 5.19. The fourth-order valence-corrected chi connectivity index (χ4v) is 1.02. The van der Waals surface area contributed by atoms with Crippen LogP contribution in [-0.2, 0) is 4.74 Å². The molecule has 0 radical (unpaired) electrons. The molecule has 1 fully saturated rings. The SMILES string of the molecule is ONC1CCCCCO1. The molecule has 3 nitrogen and oxygen atoms in total. The van der Waals surface area contributed by atoms with E-state index in [1.54, 1.807) is 0 Å². The maximum atomic E-state index is 8.44. The van der Waals surface area contributed by atoms with Crippen LogP contribution < -0.4 is 5.48 Å². The van der Waals surface area contributed by atoms with Gasteiger partial charge in [0.05, 0.1) is 0 Å². The quantitative estimate of drug-likeness (QED) is 0.519. The van der Waals surface area contributed by atoms with Crippen molar-refractivity contribution in [2.24, 2.45) is 0 Å². The first kappa shape index (κ1) is 6.99. The van der Waals surface area contributed by atoms with Crippen molar-refractivity contribution in [1.29, 1.82) is 0 Å². The van der Waals surface area contributed by atoms with Crippen LogP contribution in [0.4, 0.5) is 0 Å². The monoisotopic (exact) mass is 131 g/mol. The molecule has 0 aliphatic carbocycles. The van der Waals surface area contributed by atoms with Gasteiger partial charge in [0.1, 0.15) is 6.23 Å². The minimum atomic E-state index is -0.118. The Kier molecular flexibility index (Phi) is 2.97. The Morgan fingerprint density at radius 1 is 1.33 bits per heavy atom. The minimum Gasteiger partial charge on any atom is -0.361 e. The number of nitrogens with one attached hydrogen (secondary N) is 1. The maximum Gasteiger partial charge on any atom is 0.130 e. The molecule has 54 valence electrons. The summed E-state index contributed by atoms with van der Waals surface area (Å²) in [5.41, 5.74) is 2.12. The summed E-state index contributed by atoms with van der Waals surface area (Å²) in [7, 11) is 0. The fraction of sp³-hybridized carbons (Fsp3) is 1.00. The molecule has 1 unspecified atom stereocenters. The van der Waals surface area contributed by atoms with E-state index in [0.29, 0.717) is 0 Å². The molecule has 1 atom stereocenters. The van der Waals surface area contributed by atoms with E-state index in [1.807, 2.05) is 0 Å². The molecule has 0 bridgehead atoms. The number of hydroxylamine groups is 1. The van der Waals surface area contributed by atoms with Crippen LogP contribution in [0.25, 0.3) is 0 Å². The van der Waals surface area contributed by atoms with Crippen LogP contribution in [0.3, 0.4) is 0 Å². The van der Waals surface area contributed by atoms with Crippen LogP contribution in [0.15, 0.2) is 0 Å². The Bertz CT molecular complexity index is 69.5. The van der Waals surface area contributed by atoms with E-state index < -0.39 is 0 Å². The molecule has 1 aliphatic heterocycles. The van der Waals surface area contributed by atoms with Crippen molar-refractivity contribution >= 4 is 0 Å². The minimum absolute atomic E-state index is 0.118. The number of ether oxygens (including phenoxy) is 1. The van der Waals surface area contributed by atoms with E-state index in [4.69, 9.17) is 9.94 Å². The second-order valence-electron chi connectivity index (χ2n) is 2.34. The van der Waals surface area contributed by atoms with Gasteiger partial charge in [0.15, 0.2) is 0 Å². The van der Waals surface area contributed by atoms with Gasteiger partial charge in [-0.25, -0.2) is 0 Å². The molecule has 0 spiro atoms. The molecule has 1 aliphatic rings. The second kappa shape index (κ2) is 3.82. The summed E-state index contributed by atoms with van der Waals surface area (Å²) in [6.07, 6.45) is 4.30. The van der Waals surface area contributed by atoms with Crippen LogP contribution >= 0.6 is 0 Å². The first-order chi connectivity index (χ1) is 4.43. The van der Waals surface area contributed by atoms with Gasteiger partial charge in [-0.05, 0) is 19.3 Å². The summed E-state index contributed by atoms with van der Waals surface area (Å²) in [4.78, 5) is 0. The zero-order valence-electron chi connectivity index (χ0n) is 5.47. The molecule has 1 saturated heterocycles. The fourth-order valence-electron chi connectivity index (χ4n) is 1.02. The maximum absolute atomic E-state index is 8.44. The molecule has 9 heavy (non-hydrogen) atoms. The van der Waals surface area contributed by atoms with Crippen molar-refractivity contribution in [2.75, 3.05) is 6.61 Å². The average Bonchev–Trinajstić information content (AvgIpc) is 2.13. The van der Waals surface area contributed by atoms with Crippen molar-refractivity contribution in [1.82, 2.24) is 5.48 Å². The van der Waals surface area contributed by atoms with E-state index in [9.17, 15) is 0 Å². The predicted molar refractivity (Wildman–Crippen MR) is 33.1 cm³/mol. The molecule has 0 aromatic heterocycles. The largest absolute Gasteiger partial charge is 0.361 e. The normalized spacial score (nSPS) is 29.7. The van der Waals surface area contributed by atoms with Crippen molar-refractivity contribution < 1.29 is 9.94 Å². The van der Waals surface area contributed by atoms with E-state index in [2.05, 4.69) is 5.48 Å². The van der Waals surface area contributed by atoms with Gasteiger partial charge in [-0.1, -0.05) is 6.42 Å². The summed E-state index contributed by atoms with van der Waals surface area (Å²) in [5.74, 6) is 0. The lowest BCUT2D eigenvalue weighted by molar-refractivity contribution is -0.0490. The molecular weight excluding hydrogens is 118 g/mol. The summed E-state index contributed by atoms with van der Waals surface area (Å²) in [6, 6.07) is 0. The molecule has 0 amide bonds. The number of rotatable bonds is 1. The van der Waals surface area contributed by atoms with Crippen molar-refractivity contribution in [3.05, 3.63) is 0 Å². The van der Waals surface area contributed by atoms with Crippen LogP contribution in [0.1, 0.15) is 25.7 Å². The van der Waals surface area contributed by atoms with Crippen LogP contribution in [0, 0.1) is 0 Å². The van der Waals surface area contributed by atoms with Crippen LogP contribution in [0.5, 0.6) is 0 Å². The zero-order chi connectivity index (χ0) is 6.53. The molecule has 3 heteroatoms. The number of hydrogen-bond acceptors (Lipinski definition) is 3. The predicted octanol–water partition coefficient (Wildman–Crippen LogP) is 0.882. The third-order valence-electron chi connectivity index (χ3n) is 1.57. The van der Waals surface area contributed by atoms with Crippen molar-refractivity contribution in [3.63, 3.8) is 0 Å². The lowest BCUT2D eigenvalue weighted by Gasteiger charge is -2.10. The molecule has 0 aromatic carbocycles. The van der Waals surface area contributed by atoms with Crippen molar-refractivity contribution in [2.45, 2.75) is 31.9 Å². The van der Waals surface area contributed by atoms with E-state index in [1.165, 1.54) is 6.42 Å². The Morgan fingerprint density at radius 3 is 3.00 bits per heavy atom. The highest BCUT2D eigenvalue weighted by Gasteiger charge is 2.09. The topological polar surface area (TPSA) is 41.5 Å². The van der Waals surface area contributed by atoms with Crippen LogP contribution in [-0.4, -0.2) is 18.0 Å². The van der Waals surface area contributed by atoms with Gasteiger partial charge in [-0.3, -0.25) is 0 Å². The standard InChI is InChI=1S/C6H13NO2/c8-7-6-4-2-1-3-5-9-6/h6-8H,1-5H2.